The summed E-state index contributed by atoms with van der Waals surface area (Å²) in [7, 11) is 0. The van der Waals surface area contributed by atoms with Gasteiger partial charge in [-0.05, 0) is 79.5 Å². The molecule has 4 aliphatic heterocycles. The van der Waals surface area contributed by atoms with Crippen LogP contribution in [0.3, 0.4) is 0 Å². The molecule has 3 saturated heterocycles. The van der Waals surface area contributed by atoms with Gasteiger partial charge in [0.2, 0.25) is 18.1 Å². The van der Waals surface area contributed by atoms with Crippen molar-refractivity contribution in [3.05, 3.63) is 114 Å². The van der Waals surface area contributed by atoms with E-state index in [0.717, 1.165) is 28.7 Å². The van der Waals surface area contributed by atoms with E-state index in [2.05, 4.69) is 21.3 Å². The van der Waals surface area contributed by atoms with E-state index in [1.165, 1.54) is 42.1 Å². The summed E-state index contributed by atoms with van der Waals surface area (Å²) in [5, 5.41) is 51.9. The van der Waals surface area contributed by atoms with E-state index in [-0.39, 0.29) is 116 Å². The lowest BCUT2D eigenvalue weighted by atomic mass is 9.72. The monoisotopic (exact) mass is 1210 g/mol. The molecule has 1 aromatic heterocycles. The van der Waals surface area contributed by atoms with Crippen LogP contribution >= 0.6 is 11.8 Å². The highest BCUT2D eigenvalue weighted by Crippen LogP contribution is 2.43. The fourth-order valence-corrected chi connectivity index (χ4v) is 11.6. The molecule has 0 saturated carbocycles. The summed E-state index contributed by atoms with van der Waals surface area (Å²) in [4.78, 5) is 95.1. The number of unbranched alkanes of at least 4 members (excludes halogenated alkanes) is 2. The van der Waals surface area contributed by atoms with Crippen LogP contribution in [0, 0.1) is 29.4 Å². The Morgan fingerprint density at radius 3 is 2.34 bits per heavy atom. The molecule has 0 spiro atoms. The zero-order valence-corrected chi connectivity index (χ0v) is 47.3. The van der Waals surface area contributed by atoms with E-state index >= 15 is 8.78 Å². The molecule has 9 atom stereocenters. The number of nitrogens with one attached hydrogen (secondary N) is 4. The van der Waals surface area contributed by atoms with Crippen molar-refractivity contribution < 1.29 is 86.1 Å². The molecule has 26 heteroatoms. The molecule has 4 aliphatic rings. The van der Waals surface area contributed by atoms with Gasteiger partial charge in [-0.2, -0.15) is 11.8 Å². The molecule has 0 bridgehead atoms. The molecule has 5 heterocycles. The number of carbonyl (C=O) groups excluding carboxylic acids is 6. The van der Waals surface area contributed by atoms with Gasteiger partial charge in [-0.3, -0.25) is 28.9 Å². The molecule has 5 amide bonds. The molecule has 8 rings (SSSR count). The molecule has 3 aromatic carbocycles. The number of aliphatic hydroxyl groups excluding tert-OH is 3. The van der Waals surface area contributed by atoms with Gasteiger partial charge in [0.25, 0.3) is 11.8 Å². The number of aliphatic hydroxyl groups is 3. The average molecular weight is 1210 g/mol. The number of hydrogen-bond acceptors (Lipinski definition) is 17. The van der Waals surface area contributed by atoms with E-state index < -0.39 is 84.2 Å². The zero-order valence-electron chi connectivity index (χ0n) is 46.5. The van der Waals surface area contributed by atoms with Crippen molar-refractivity contribution in [2.75, 3.05) is 62.8 Å². The number of aromatic nitrogens is 2. The van der Waals surface area contributed by atoms with E-state index in [4.69, 9.17) is 23.9 Å². The number of hydrogen-bond donors (Lipinski definition) is 8. The average Bonchev–Trinajstić information content (AvgIpc) is 2.74. The molecule has 3 fully saturated rings. The van der Waals surface area contributed by atoms with Gasteiger partial charge in [0.15, 0.2) is 6.10 Å². The highest BCUT2D eigenvalue weighted by Gasteiger charge is 2.48. The topological polar surface area (TPSA) is 307 Å². The van der Waals surface area contributed by atoms with Gasteiger partial charge in [0.05, 0.1) is 17.1 Å². The molecule has 1 unspecified atom stereocenters. The number of carboxylic acid groups (broad SMARTS) is 1. The maximum atomic E-state index is 15.5. The zero-order chi connectivity index (χ0) is 60.6. The predicted molar refractivity (Wildman–Crippen MR) is 301 cm³/mol. The van der Waals surface area contributed by atoms with Crippen molar-refractivity contribution in [2.45, 2.75) is 107 Å². The summed E-state index contributed by atoms with van der Waals surface area (Å²) in [5.74, 6) is -6.24. The highest BCUT2D eigenvalue weighted by molar-refractivity contribution is 7.99. The van der Waals surface area contributed by atoms with Crippen LogP contribution in [-0.2, 0) is 56.1 Å². The normalized spacial score (nSPS) is 22.2. The summed E-state index contributed by atoms with van der Waals surface area (Å²) in [5.41, 5.74) is 1.30. The number of benzene rings is 3. The number of alkyl halides is 1. The summed E-state index contributed by atoms with van der Waals surface area (Å²) in [6.07, 6.45) is -5.01. The maximum absolute atomic E-state index is 15.5. The van der Waals surface area contributed by atoms with Crippen molar-refractivity contribution in [1.82, 2.24) is 30.4 Å². The predicted octanol–water partition coefficient (Wildman–Crippen LogP) is 4.38. The second-order valence-corrected chi connectivity index (χ2v) is 22.4. The minimum absolute atomic E-state index is 0.00911. The number of aliphatic carboxylic acids is 1. The van der Waals surface area contributed by atoms with E-state index in [0.29, 0.717) is 69.8 Å². The number of ether oxygens (including phenoxy) is 4. The number of ketones is 1. The Bertz CT molecular complexity index is 3010. The van der Waals surface area contributed by atoms with Gasteiger partial charge in [-0.25, -0.2) is 27.7 Å². The molecule has 85 heavy (non-hydrogen) atoms. The first kappa shape index (κ1) is 63.8. The Morgan fingerprint density at radius 1 is 0.847 bits per heavy atom. The fourth-order valence-electron chi connectivity index (χ4n) is 10.8. The second kappa shape index (κ2) is 30.7. The number of anilines is 1. The third-order valence-electron chi connectivity index (χ3n) is 15.3. The lowest BCUT2D eigenvalue weighted by Crippen LogP contribution is -2.61. The minimum atomic E-state index is -2.01. The molecule has 22 nitrogen and oxygen atoms in total. The molecule has 458 valence electrons. The first-order chi connectivity index (χ1) is 40.9. The van der Waals surface area contributed by atoms with Gasteiger partial charge >= 0.3 is 12.1 Å². The standard InChI is InChI=1S/C59H70F3N7O15S/c60-38-11-12-41(61)39(27-38)44-31-68(30-34-7-3-1-4-8-34)56(67-44)51(36-17-22-81-23-18-36)40(26-37-28-63-29-42(37)62)45(70)33-85-24-20-65-59(80)82-32-35-10-13-46(83-58-54(77)52(75)53(76)55(84-58)57(78)79)43(25-35)66-48(72)16-19-64-47(71)9-5-2-6-21-69-49(73)14-15-50(69)74/h1,3-4,7-8,10-15,25,27,31,36-37,40,42,51-55,58,63,75-77H,2,5-6,9,16-24,26,28-30,32-33H2,(H,64,71)(H,65,80)(H,66,72)(H,78,79)/t37-,40?,42+,51+,52+,53+,54-,55-,58+/m1/s1. The number of amides is 5. The Hall–Kier alpha value is -7.20. The number of carboxylic acids is 1. The first-order valence-electron chi connectivity index (χ1n) is 28.3. The Morgan fingerprint density at radius 2 is 1.61 bits per heavy atom. The van der Waals surface area contributed by atoms with Crippen LogP contribution in [0.4, 0.5) is 23.7 Å². The quantitative estimate of drug-likeness (QED) is 0.0276. The number of Topliss-reactive ketones (excluding diaryl/α,β-unsaturated/α-hetero) is 1. The Kier molecular flexibility index (Phi) is 23.1. The molecule has 8 N–H and O–H groups in total. The molecular weight excluding hydrogens is 1140 g/mol. The second-order valence-electron chi connectivity index (χ2n) is 21.3. The Balaban J connectivity index is 0.889. The third kappa shape index (κ3) is 17.5. The number of imide groups is 1. The SMILES string of the molecule is O=C(CCCCCN1C(=O)C=CC1=O)NCCC(=O)Nc1cc(COC(=O)NCCSCC(=O)C(C[C@@H]2CNC[C@@H]2F)[C@@H](c2nc(-c3cc(F)ccc3F)cn2Cc2ccccc2)C2CCOCC2)ccc1O[C@H]1O[C@@H](C(=O)O)[C@@H](O)[C@H](O)[C@H]1O. The summed E-state index contributed by atoms with van der Waals surface area (Å²) in [6, 6.07) is 16.8. The summed E-state index contributed by atoms with van der Waals surface area (Å²) >= 11 is 1.26. The summed E-state index contributed by atoms with van der Waals surface area (Å²) < 4.78 is 69.8. The third-order valence-corrected chi connectivity index (χ3v) is 16.3. The number of thioether (sulfide) groups is 1. The number of carbonyl (C=O) groups is 7. The minimum Gasteiger partial charge on any atom is -0.479 e. The van der Waals surface area contributed by atoms with Crippen LogP contribution in [0.25, 0.3) is 11.3 Å². The van der Waals surface area contributed by atoms with Crippen molar-refractivity contribution >= 4 is 58.9 Å². The van der Waals surface area contributed by atoms with Crippen LogP contribution in [0.5, 0.6) is 5.75 Å². The van der Waals surface area contributed by atoms with E-state index in [1.54, 1.807) is 6.20 Å². The number of rotatable bonds is 29. The van der Waals surface area contributed by atoms with Crippen LogP contribution in [0.1, 0.15) is 74.2 Å². The van der Waals surface area contributed by atoms with Crippen molar-refractivity contribution in [3.8, 4) is 17.0 Å². The molecule has 0 radical (unpaired) electrons. The fraction of sp³-hybridized carbons (Fsp3) is 0.492. The van der Waals surface area contributed by atoms with Crippen LogP contribution in [0.15, 0.2) is 85.1 Å². The maximum Gasteiger partial charge on any atom is 0.407 e. The highest BCUT2D eigenvalue weighted by atomic mass is 32.2. The van der Waals surface area contributed by atoms with E-state index in [9.17, 15) is 58.4 Å². The van der Waals surface area contributed by atoms with Crippen molar-refractivity contribution in [2.24, 2.45) is 17.8 Å². The van der Waals surface area contributed by atoms with Crippen LogP contribution < -0.4 is 26.0 Å². The van der Waals surface area contributed by atoms with Gasteiger partial charge in [-0.15, -0.1) is 0 Å². The largest absolute Gasteiger partial charge is 0.479 e. The van der Waals surface area contributed by atoms with Gasteiger partial charge < -0.3 is 65.2 Å². The van der Waals surface area contributed by atoms with Crippen molar-refractivity contribution in [3.63, 3.8) is 0 Å². The van der Waals surface area contributed by atoms with Gasteiger partial charge in [0, 0.05) is 113 Å². The Labute approximate surface area is 492 Å². The number of imidazole rings is 1. The lowest BCUT2D eigenvalue weighted by molar-refractivity contribution is -0.271. The van der Waals surface area contributed by atoms with E-state index in [1.807, 2.05) is 34.9 Å². The number of alkyl carbamates (subject to hydrolysis) is 1. The van der Waals surface area contributed by atoms with Gasteiger partial charge in [0.1, 0.15) is 60.1 Å². The number of nitrogens with zero attached hydrogens (tertiary/aromatic N) is 3. The van der Waals surface area contributed by atoms with Crippen LogP contribution in [0.2, 0.25) is 0 Å². The molecular formula is C59H70F3N7O15S. The lowest BCUT2D eigenvalue weighted by Gasteiger charge is -2.38. The van der Waals surface area contributed by atoms with Crippen LogP contribution in [-0.4, -0.2) is 171 Å². The summed E-state index contributed by atoms with van der Waals surface area (Å²) in [6.45, 7) is 1.50. The first-order valence-corrected chi connectivity index (χ1v) is 29.4. The molecule has 4 aromatic rings. The van der Waals surface area contributed by atoms with Gasteiger partial charge in [-0.1, -0.05) is 42.8 Å². The van der Waals surface area contributed by atoms with Crippen molar-refractivity contribution in [1.29, 1.82) is 0 Å². The molecule has 0 aliphatic carbocycles. The number of halogens is 3. The smallest absolute Gasteiger partial charge is 0.407 e.